The van der Waals surface area contributed by atoms with E-state index in [2.05, 4.69) is 29.3 Å². The van der Waals surface area contributed by atoms with Crippen molar-refractivity contribution < 1.29 is 4.79 Å². The summed E-state index contributed by atoms with van der Waals surface area (Å²) in [6.07, 6.45) is 3.11. The summed E-state index contributed by atoms with van der Waals surface area (Å²) in [5.74, 6) is 0.0189. The molecule has 1 aliphatic carbocycles. The topological polar surface area (TPSA) is 49.0 Å². The predicted molar refractivity (Wildman–Crippen MR) is 75.5 cm³/mol. The van der Waals surface area contributed by atoms with Gasteiger partial charge in [-0.2, -0.15) is 5.10 Å². The monoisotopic (exact) mass is 275 g/mol. The van der Waals surface area contributed by atoms with Crippen molar-refractivity contribution in [2.24, 2.45) is 0 Å². The third-order valence-corrected chi connectivity index (χ3v) is 4.53. The van der Waals surface area contributed by atoms with Crippen LogP contribution in [-0.2, 0) is 19.4 Å². The first-order valence-corrected chi connectivity index (χ1v) is 7.33. The van der Waals surface area contributed by atoms with Crippen LogP contribution in [0.5, 0.6) is 0 Å². The number of aromatic nitrogens is 2. The molecule has 0 saturated heterocycles. The fraction of sp³-hybridized carbons (Fsp3) is 0.429. The molecular weight excluding hydrogens is 258 g/mol. The molecule has 0 spiro atoms. The standard InChI is InChI=1S/C14H17N3OS/c1-9-6-7-10(19-9)8-17(2)14(18)13-11-4-3-5-12(11)15-16-13/h6-7H,3-5,8H2,1-2H3,(H,15,16). The van der Waals surface area contributed by atoms with Gasteiger partial charge >= 0.3 is 0 Å². The van der Waals surface area contributed by atoms with Crippen LogP contribution < -0.4 is 0 Å². The number of nitrogens with one attached hydrogen (secondary N) is 1. The summed E-state index contributed by atoms with van der Waals surface area (Å²) in [6, 6.07) is 4.17. The van der Waals surface area contributed by atoms with Gasteiger partial charge in [0.1, 0.15) is 0 Å². The maximum Gasteiger partial charge on any atom is 0.274 e. The minimum absolute atomic E-state index is 0.0189. The van der Waals surface area contributed by atoms with E-state index in [1.165, 1.54) is 9.75 Å². The second-order valence-corrected chi connectivity index (χ2v) is 6.43. The number of H-pyrrole nitrogens is 1. The summed E-state index contributed by atoms with van der Waals surface area (Å²) in [7, 11) is 1.84. The SMILES string of the molecule is Cc1ccc(CN(C)C(=O)c2n[nH]c3c2CCC3)s1. The van der Waals surface area contributed by atoms with Crippen LogP contribution in [-0.4, -0.2) is 28.1 Å². The van der Waals surface area contributed by atoms with Crippen molar-refractivity contribution in [3.63, 3.8) is 0 Å². The van der Waals surface area contributed by atoms with E-state index < -0.39 is 0 Å². The number of hydrogen-bond acceptors (Lipinski definition) is 3. The van der Waals surface area contributed by atoms with Gasteiger partial charge in [0.25, 0.3) is 5.91 Å². The van der Waals surface area contributed by atoms with E-state index in [1.54, 1.807) is 16.2 Å². The van der Waals surface area contributed by atoms with E-state index in [-0.39, 0.29) is 5.91 Å². The molecule has 2 aromatic rings. The Hall–Kier alpha value is -1.62. The summed E-state index contributed by atoms with van der Waals surface area (Å²) in [5, 5.41) is 7.19. The summed E-state index contributed by atoms with van der Waals surface area (Å²) in [5.41, 5.74) is 2.88. The van der Waals surface area contributed by atoms with Crippen LogP contribution in [0.3, 0.4) is 0 Å². The smallest absolute Gasteiger partial charge is 0.274 e. The molecule has 1 N–H and O–H groups in total. The Morgan fingerprint density at radius 2 is 2.32 bits per heavy atom. The Bertz CT molecular complexity index is 614. The first kappa shape index (κ1) is 12.4. The summed E-state index contributed by atoms with van der Waals surface area (Å²) in [6.45, 7) is 2.73. The van der Waals surface area contributed by atoms with E-state index in [9.17, 15) is 4.79 Å². The number of thiophene rings is 1. The third-order valence-electron chi connectivity index (χ3n) is 3.54. The fourth-order valence-corrected chi connectivity index (χ4v) is 3.50. The lowest BCUT2D eigenvalue weighted by atomic mass is 10.2. The number of aromatic amines is 1. The summed E-state index contributed by atoms with van der Waals surface area (Å²) in [4.78, 5) is 16.7. The number of rotatable bonds is 3. The van der Waals surface area contributed by atoms with Gasteiger partial charge in [-0.05, 0) is 38.3 Å². The van der Waals surface area contributed by atoms with Crippen LogP contribution in [0.1, 0.15) is 37.9 Å². The van der Waals surface area contributed by atoms with E-state index in [0.717, 1.165) is 30.5 Å². The number of hydrogen-bond donors (Lipinski definition) is 1. The fourth-order valence-electron chi connectivity index (χ4n) is 2.55. The second kappa shape index (κ2) is 4.81. The molecule has 0 radical (unpaired) electrons. The van der Waals surface area contributed by atoms with Crippen LogP contribution in [0.2, 0.25) is 0 Å². The molecular formula is C14H17N3OS. The molecule has 3 rings (SSSR count). The van der Waals surface area contributed by atoms with E-state index in [1.807, 2.05) is 7.05 Å². The molecule has 0 aliphatic heterocycles. The normalized spacial score (nSPS) is 13.6. The molecule has 1 aliphatic rings. The van der Waals surface area contributed by atoms with Crippen molar-refractivity contribution >= 4 is 17.2 Å². The van der Waals surface area contributed by atoms with Gasteiger partial charge in [-0.15, -0.1) is 11.3 Å². The van der Waals surface area contributed by atoms with Crippen molar-refractivity contribution in [1.82, 2.24) is 15.1 Å². The first-order valence-electron chi connectivity index (χ1n) is 6.52. The molecule has 19 heavy (non-hydrogen) atoms. The average molecular weight is 275 g/mol. The number of fused-ring (bicyclic) bond motifs is 1. The minimum atomic E-state index is 0.0189. The highest BCUT2D eigenvalue weighted by atomic mass is 32.1. The van der Waals surface area contributed by atoms with E-state index >= 15 is 0 Å². The minimum Gasteiger partial charge on any atom is -0.335 e. The predicted octanol–water partition coefficient (Wildman–Crippen LogP) is 2.54. The van der Waals surface area contributed by atoms with Crippen LogP contribution >= 0.6 is 11.3 Å². The molecule has 0 atom stereocenters. The molecule has 2 aromatic heterocycles. The molecule has 1 amide bonds. The van der Waals surface area contributed by atoms with Gasteiger partial charge in [0.05, 0.1) is 6.54 Å². The highest BCUT2D eigenvalue weighted by molar-refractivity contribution is 7.11. The molecule has 0 unspecified atom stereocenters. The number of nitrogens with zero attached hydrogens (tertiary/aromatic N) is 2. The van der Waals surface area contributed by atoms with Crippen molar-refractivity contribution in [1.29, 1.82) is 0 Å². The van der Waals surface area contributed by atoms with Crippen molar-refractivity contribution in [2.75, 3.05) is 7.05 Å². The van der Waals surface area contributed by atoms with Crippen LogP contribution in [0.25, 0.3) is 0 Å². The molecule has 4 nitrogen and oxygen atoms in total. The zero-order valence-corrected chi connectivity index (χ0v) is 12.0. The average Bonchev–Trinajstić information content (AvgIpc) is 3.04. The highest BCUT2D eigenvalue weighted by Gasteiger charge is 2.25. The summed E-state index contributed by atoms with van der Waals surface area (Å²) < 4.78 is 0. The molecule has 2 heterocycles. The Balaban J connectivity index is 1.76. The van der Waals surface area contributed by atoms with Gasteiger partial charge in [0, 0.05) is 28.1 Å². The molecule has 100 valence electrons. The van der Waals surface area contributed by atoms with Crippen molar-refractivity contribution in [2.45, 2.75) is 32.7 Å². The molecule has 0 fully saturated rings. The van der Waals surface area contributed by atoms with Gasteiger partial charge in [-0.1, -0.05) is 0 Å². The molecule has 0 saturated carbocycles. The maximum atomic E-state index is 12.4. The van der Waals surface area contributed by atoms with Crippen LogP contribution in [0, 0.1) is 6.92 Å². The number of carbonyl (C=O) groups is 1. The lowest BCUT2D eigenvalue weighted by molar-refractivity contribution is 0.0779. The third kappa shape index (κ3) is 2.30. The lowest BCUT2D eigenvalue weighted by Crippen LogP contribution is -2.27. The molecule has 0 bridgehead atoms. The Kier molecular flexibility index (Phi) is 3.14. The maximum absolute atomic E-state index is 12.4. The van der Waals surface area contributed by atoms with Crippen LogP contribution in [0.4, 0.5) is 0 Å². The number of amides is 1. The van der Waals surface area contributed by atoms with Gasteiger partial charge < -0.3 is 4.90 Å². The van der Waals surface area contributed by atoms with Gasteiger partial charge in [-0.3, -0.25) is 9.89 Å². The van der Waals surface area contributed by atoms with Gasteiger partial charge in [-0.25, -0.2) is 0 Å². The van der Waals surface area contributed by atoms with Crippen molar-refractivity contribution in [3.8, 4) is 0 Å². The molecule has 0 aromatic carbocycles. The second-order valence-electron chi connectivity index (χ2n) is 5.06. The lowest BCUT2D eigenvalue weighted by Gasteiger charge is -2.15. The first-order chi connectivity index (χ1) is 9.15. The zero-order chi connectivity index (χ0) is 13.4. The van der Waals surface area contributed by atoms with E-state index in [4.69, 9.17) is 0 Å². The van der Waals surface area contributed by atoms with Gasteiger partial charge in [0.2, 0.25) is 0 Å². The van der Waals surface area contributed by atoms with Crippen LogP contribution in [0.15, 0.2) is 12.1 Å². The Morgan fingerprint density at radius 3 is 3.05 bits per heavy atom. The molecule has 5 heteroatoms. The summed E-state index contributed by atoms with van der Waals surface area (Å²) >= 11 is 1.73. The Morgan fingerprint density at radius 1 is 1.47 bits per heavy atom. The van der Waals surface area contributed by atoms with Crippen molar-refractivity contribution in [3.05, 3.63) is 38.8 Å². The number of carbonyl (C=O) groups excluding carboxylic acids is 1. The Labute approximate surface area is 116 Å². The number of aryl methyl sites for hydroxylation is 2. The van der Waals surface area contributed by atoms with Gasteiger partial charge in [0.15, 0.2) is 5.69 Å². The quantitative estimate of drug-likeness (QED) is 0.935. The highest BCUT2D eigenvalue weighted by Crippen LogP contribution is 2.24. The van der Waals surface area contributed by atoms with E-state index in [0.29, 0.717) is 12.2 Å². The largest absolute Gasteiger partial charge is 0.335 e. The zero-order valence-electron chi connectivity index (χ0n) is 11.2.